The zero-order valence-electron chi connectivity index (χ0n) is 15.2. The summed E-state index contributed by atoms with van der Waals surface area (Å²) in [5.74, 6) is -1.00. The van der Waals surface area contributed by atoms with Crippen molar-refractivity contribution in [2.45, 2.75) is 33.4 Å². The first-order chi connectivity index (χ1) is 12.8. The predicted molar refractivity (Wildman–Crippen MR) is 94.7 cm³/mol. The molecular formula is C18H22F2N4O3. The van der Waals surface area contributed by atoms with Gasteiger partial charge in [0.2, 0.25) is 5.91 Å². The number of amides is 2. The van der Waals surface area contributed by atoms with Gasteiger partial charge >= 0.3 is 6.61 Å². The van der Waals surface area contributed by atoms with Gasteiger partial charge in [0.1, 0.15) is 5.75 Å². The molecule has 27 heavy (non-hydrogen) atoms. The summed E-state index contributed by atoms with van der Waals surface area (Å²) < 4.78 is 30.5. The molecule has 2 amide bonds. The Morgan fingerprint density at radius 2 is 2.00 bits per heavy atom. The minimum absolute atomic E-state index is 0.119. The van der Waals surface area contributed by atoms with Crippen LogP contribution in [0.3, 0.4) is 0 Å². The lowest BCUT2D eigenvalue weighted by atomic mass is 10.2. The van der Waals surface area contributed by atoms with Gasteiger partial charge in [-0.1, -0.05) is 6.07 Å². The van der Waals surface area contributed by atoms with E-state index in [-0.39, 0.29) is 23.8 Å². The number of aryl methyl sites for hydroxylation is 3. The number of rotatable bonds is 9. The Kier molecular flexibility index (Phi) is 7.27. The number of nitrogens with zero attached hydrogens (tertiary/aromatic N) is 2. The molecule has 0 radical (unpaired) electrons. The summed E-state index contributed by atoms with van der Waals surface area (Å²) in [7, 11) is 0. The number of aromatic nitrogens is 2. The van der Waals surface area contributed by atoms with E-state index in [1.807, 2.05) is 24.6 Å². The van der Waals surface area contributed by atoms with Crippen LogP contribution in [-0.4, -0.2) is 41.3 Å². The second kappa shape index (κ2) is 9.65. The van der Waals surface area contributed by atoms with Crippen LogP contribution in [0.15, 0.2) is 30.3 Å². The van der Waals surface area contributed by atoms with Crippen molar-refractivity contribution in [1.29, 1.82) is 0 Å². The summed E-state index contributed by atoms with van der Waals surface area (Å²) in [5, 5.41) is 9.48. The maximum atomic E-state index is 12.2. The van der Waals surface area contributed by atoms with E-state index in [1.54, 1.807) is 0 Å². The number of carbonyl (C=O) groups excluding carboxylic acids is 2. The number of ether oxygens (including phenoxy) is 1. The molecule has 2 aromatic rings. The first-order valence-electron chi connectivity index (χ1n) is 8.46. The summed E-state index contributed by atoms with van der Waals surface area (Å²) in [5.41, 5.74) is 2.14. The molecule has 1 aromatic carbocycles. The number of hydrogen-bond acceptors (Lipinski definition) is 4. The van der Waals surface area contributed by atoms with Gasteiger partial charge in [-0.15, -0.1) is 0 Å². The van der Waals surface area contributed by atoms with E-state index in [9.17, 15) is 18.4 Å². The van der Waals surface area contributed by atoms with Gasteiger partial charge < -0.3 is 15.4 Å². The van der Waals surface area contributed by atoms with Gasteiger partial charge in [-0.25, -0.2) is 0 Å². The molecule has 146 valence electrons. The Bertz CT molecular complexity index is 793. The lowest BCUT2D eigenvalue weighted by Gasteiger charge is -2.09. The zero-order valence-corrected chi connectivity index (χ0v) is 15.2. The molecule has 0 aliphatic carbocycles. The van der Waals surface area contributed by atoms with Crippen LogP contribution in [0, 0.1) is 13.8 Å². The fraction of sp³-hybridized carbons (Fsp3) is 0.389. The molecule has 0 spiro atoms. The summed E-state index contributed by atoms with van der Waals surface area (Å²) in [6.45, 7) is 1.84. The first kappa shape index (κ1) is 20.3. The second-order valence-electron chi connectivity index (χ2n) is 5.94. The molecule has 0 fully saturated rings. The molecule has 0 unspecified atom stereocenters. The van der Waals surface area contributed by atoms with Crippen LogP contribution in [0.4, 0.5) is 8.78 Å². The number of alkyl halides is 2. The molecule has 1 aromatic heterocycles. The molecule has 2 N–H and O–H groups in total. The lowest BCUT2D eigenvalue weighted by molar-refractivity contribution is -0.120. The minimum Gasteiger partial charge on any atom is -0.435 e. The standard InChI is InChI=1S/C18H22F2N4O3/c1-12-9-13(2)24(23-12)8-4-7-21-16(25)11-22-17(26)14-5-3-6-15(10-14)27-18(19)20/h3,5-6,9-10,18H,4,7-8,11H2,1-2H3,(H,21,25)(H,22,26). The fourth-order valence-corrected chi connectivity index (χ4v) is 2.50. The van der Waals surface area contributed by atoms with Crippen molar-refractivity contribution in [1.82, 2.24) is 20.4 Å². The van der Waals surface area contributed by atoms with Crippen LogP contribution >= 0.6 is 0 Å². The smallest absolute Gasteiger partial charge is 0.387 e. The third-order valence-corrected chi connectivity index (χ3v) is 3.70. The molecule has 0 bridgehead atoms. The highest BCUT2D eigenvalue weighted by Gasteiger charge is 2.11. The Morgan fingerprint density at radius 3 is 2.67 bits per heavy atom. The van der Waals surface area contributed by atoms with Crippen LogP contribution < -0.4 is 15.4 Å². The van der Waals surface area contributed by atoms with Gasteiger partial charge in [-0.05, 0) is 44.5 Å². The number of carbonyl (C=O) groups is 2. The van der Waals surface area contributed by atoms with Crippen LogP contribution in [0.1, 0.15) is 28.2 Å². The third kappa shape index (κ3) is 6.69. The van der Waals surface area contributed by atoms with Crippen molar-refractivity contribution in [3.63, 3.8) is 0 Å². The first-order valence-corrected chi connectivity index (χ1v) is 8.46. The van der Waals surface area contributed by atoms with Crippen LogP contribution in [0.2, 0.25) is 0 Å². The molecule has 2 rings (SSSR count). The number of benzene rings is 1. The van der Waals surface area contributed by atoms with E-state index in [0.717, 1.165) is 11.4 Å². The summed E-state index contributed by atoms with van der Waals surface area (Å²) >= 11 is 0. The Balaban J connectivity index is 1.70. The van der Waals surface area contributed by atoms with E-state index in [2.05, 4.69) is 20.5 Å². The molecular weight excluding hydrogens is 358 g/mol. The fourth-order valence-electron chi connectivity index (χ4n) is 2.50. The van der Waals surface area contributed by atoms with Gasteiger partial charge in [0.25, 0.3) is 5.91 Å². The van der Waals surface area contributed by atoms with Gasteiger partial charge in [0.15, 0.2) is 0 Å². The quantitative estimate of drug-likeness (QED) is 0.652. The zero-order chi connectivity index (χ0) is 19.8. The molecule has 0 aliphatic heterocycles. The summed E-state index contributed by atoms with van der Waals surface area (Å²) in [6, 6.07) is 7.35. The summed E-state index contributed by atoms with van der Waals surface area (Å²) in [6.07, 6.45) is 0.703. The maximum absolute atomic E-state index is 12.2. The monoisotopic (exact) mass is 380 g/mol. The number of nitrogens with one attached hydrogen (secondary N) is 2. The molecule has 0 saturated carbocycles. The van der Waals surface area contributed by atoms with E-state index >= 15 is 0 Å². The molecule has 0 saturated heterocycles. The van der Waals surface area contributed by atoms with Crippen LogP contribution in [-0.2, 0) is 11.3 Å². The maximum Gasteiger partial charge on any atom is 0.387 e. The lowest BCUT2D eigenvalue weighted by Crippen LogP contribution is -2.37. The van der Waals surface area contributed by atoms with Crippen LogP contribution in [0.5, 0.6) is 5.75 Å². The van der Waals surface area contributed by atoms with Crippen molar-refractivity contribution in [3.05, 3.63) is 47.3 Å². The van der Waals surface area contributed by atoms with E-state index in [0.29, 0.717) is 19.5 Å². The SMILES string of the molecule is Cc1cc(C)n(CCCNC(=O)CNC(=O)c2cccc(OC(F)F)c2)n1. The average molecular weight is 380 g/mol. The minimum atomic E-state index is -2.97. The highest BCUT2D eigenvalue weighted by atomic mass is 19.3. The van der Waals surface area contributed by atoms with E-state index in [4.69, 9.17) is 0 Å². The van der Waals surface area contributed by atoms with Gasteiger partial charge in [-0.2, -0.15) is 13.9 Å². The topological polar surface area (TPSA) is 85.2 Å². The van der Waals surface area contributed by atoms with E-state index < -0.39 is 12.5 Å². The molecule has 0 atom stereocenters. The van der Waals surface area contributed by atoms with Crippen molar-refractivity contribution >= 4 is 11.8 Å². The summed E-state index contributed by atoms with van der Waals surface area (Å²) in [4.78, 5) is 23.8. The molecule has 7 nitrogen and oxygen atoms in total. The third-order valence-electron chi connectivity index (χ3n) is 3.70. The Morgan fingerprint density at radius 1 is 1.22 bits per heavy atom. The Hall–Kier alpha value is -2.97. The normalized spacial score (nSPS) is 10.7. The van der Waals surface area contributed by atoms with E-state index in [1.165, 1.54) is 24.3 Å². The largest absolute Gasteiger partial charge is 0.435 e. The number of halogens is 2. The molecule has 0 aliphatic rings. The molecule has 9 heteroatoms. The van der Waals surface area contributed by atoms with Crippen molar-refractivity contribution < 1.29 is 23.1 Å². The second-order valence-corrected chi connectivity index (χ2v) is 5.94. The number of hydrogen-bond donors (Lipinski definition) is 2. The Labute approximate surface area is 155 Å². The van der Waals surface area contributed by atoms with Gasteiger partial charge in [-0.3, -0.25) is 14.3 Å². The average Bonchev–Trinajstić information content (AvgIpc) is 2.93. The molecule has 1 heterocycles. The predicted octanol–water partition coefficient (Wildman–Crippen LogP) is 2.04. The van der Waals surface area contributed by atoms with Crippen molar-refractivity contribution in [3.8, 4) is 5.75 Å². The van der Waals surface area contributed by atoms with Crippen LogP contribution in [0.25, 0.3) is 0 Å². The van der Waals surface area contributed by atoms with Crippen molar-refractivity contribution in [2.24, 2.45) is 0 Å². The van der Waals surface area contributed by atoms with Gasteiger partial charge in [0.05, 0.1) is 12.2 Å². The van der Waals surface area contributed by atoms with Crippen molar-refractivity contribution in [2.75, 3.05) is 13.1 Å². The highest BCUT2D eigenvalue weighted by Crippen LogP contribution is 2.15. The highest BCUT2D eigenvalue weighted by molar-refractivity contribution is 5.96. The van der Waals surface area contributed by atoms with Gasteiger partial charge in [0, 0.05) is 24.3 Å².